The molecule has 3 heterocycles. The normalized spacial score (nSPS) is 18.7. The smallest absolute Gasteiger partial charge is 0.346 e. The van der Waals surface area contributed by atoms with Crippen LogP contribution in [0.25, 0.3) is 0 Å². The molecule has 1 amide bonds. The Morgan fingerprint density at radius 2 is 2.25 bits per heavy atom. The summed E-state index contributed by atoms with van der Waals surface area (Å²) < 4.78 is 39.5. The van der Waals surface area contributed by atoms with E-state index >= 15 is 0 Å². The quantitative estimate of drug-likeness (QED) is 0.913. The van der Waals surface area contributed by atoms with E-state index in [1.807, 2.05) is 0 Å². The molecule has 1 unspecified atom stereocenters. The minimum atomic E-state index is -4.43. The second-order valence-corrected chi connectivity index (χ2v) is 6.45. The zero-order chi connectivity index (χ0) is 17.3. The molecule has 0 spiro atoms. The van der Waals surface area contributed by atoms with Gasteiger partial charge in [-0.15, -0.1) is 11.3 Å². The predicted octanol–water partition coefficient (Wildman–Crippen LogP) is 2.29. The number of carbonyl (C=O) groups excluding carboxylic acids is 1. The highest BCUT2D eigenvalue weighted by molar-refractivity contribution is 7.13. The van der Waals surface area contributed by atoms with Crippen LogP contribution in [-0.4, -0.2) is 39.8 Å². The third kappa shape index (κ3) is 3.53. The lowest BCUT2D eigenvalue weighted by atomic mass is 10.1. The molecule has 1 aliphatic heterocycles. The number of alkyl halides is 3. The van der Waals surface area contributed by atoms with E-state index in [2.05, 4.69) is 15.4 Å². The molecule has 130 valence electrons. The summed E-state index contributed by atoms with van der Waals surface area (Å²) in [5.74, 6) is -0.239. The summed E-state index contributed by atoms with van der Waals surface area (Å²) in [6, 6.07) is 1.48. The maximum absolute atomic E-state index is 12.7. The minimum absolute atomic E-state index is 0.139. The van der Waals surface area contributed by atoms with Crippen molar-refractivity contribution >= 4 is 22.4 Å². The molecule has 24 heavy (non-hydrogen) atoms. The highest BCUT2D eigenvalue weighted by Gasteiger charge is 2.35. The number of piperidine rings is 1. The van der Waals surface area contributed by atoms with Crippen molar-refractivity contribution in [3.8, 4) is 0 Å². The number of rotatable bonds is 3. The highest BCUT2D eigenvalue weighted by atomic mass is 32.1. The lowest BCUT2D eigenvalue weighted by Gasteiger charge is -2.32. The number of aryl methyl sites for hydroxylation is 1. The van der Waals surface area contributed by atoms with E-state index in [0.717, 1.165) is 29.6 Å². The maximum atomic E-state index is 12.7. The van der Waals surface area contributed by atoms with Crippen molar-refractivity contribution in [1.82, 2.24) is 20.1 Å². The van der Waals surface area contributed by atoms with Gasteiger partial charge in [0.25, 0.3) is 5.91 Å². The number of nitrogens with one attached hydrogen (secondary N) is 1. The first-order valence-corrected chi connectivity index (χ1v) is 8.29. The van der Waals surface area contributed by atoms with E-state index in [9.17, 15) is 18.0 Å². The summed E-state index contributed by atoms with van der Waals surface area (Å²) in [6.07, 6.45) is -1.34. The molecule has 2 aromatic heterocycles. The molecule has 6 nitrogen and oxygen atoms in total. The number of carbonyl (C=O) groups is 1. The molecule has 2 aromatic rings. The number of hydrogen-bond acceptors (Lipinski definition) is 5. The maximum Gasteiger partial charge on any atom is 0.434 e. The first-order valence-electron chi connectivity index (χ1n) is 7.41. The van der Waals surface area contributed by atoms with Gasteiger partial charge in [-0.1, -0.05) is 0 Å². The van der Waals surface area contributed by atoms with E-state index in [1.165, 1.54) is 10.9 Å². The monoisotopic (exact) mass is 359 g/mol. The van der Waals surface area contributed by atoms with Crippen molar-refractivity contribution in [1.29, 1.82) is 0 Å². The molecule has 0 aromatic carbocycles. The van der Waals surface area contributed by atoms with E-state index in [0.29, 0.717) is 23.9 Å². The number of nitrogens with zero attached hydrogens (tertiary/aromatic N) is 4. The third-order valence-electron chi connectivity index (χ3n) is 3.86. The molecule has 1 atom stereocenters. The Bertz CT molecular complexity index is 726. The molecule has 0 radical (unpaired) electrons. The largest absolute Gasteiger partial charge is 0.434 e. The number of amides is 1. The van der Waals surface area contributed by atoms with Gasteiger partial charge < -0.3 is 10.2 Å². The molecule has 0 aliphatic carbocycles. The summed E-state index contributed by atoms with van der Waals surface area (Å²) in [4.78, 5) is 17.7. The summed E-state index contributed by atoms with van der Waals surface area (Å²) in [5.41, 5.74) is -0.427. The van der Waals surface area contributed by atoms with Gasteiger partial charge in [0.1, 0.15) is 5.69 Å². The molecular formula is C14H16F3N5OS. The lowest BCUT2D eigenvalue weighted by molar-refractivity contribution is -0.140. The van der Waals surface area contributed by atoms with Gasteiger partial charge in [-0.3, -0.25) is 9.48 Å². The molecule has 1 N–H and O–H groups in total. The molecule has 1 aliphatic rings. The number of anilines is 1. The molecule has 10 heteroatoms. The molecule has 1 saturated heterocycles. The number of thiazole rings is 1. The van der Waals surface area contributed by atoms with E-state index in [4.69, 9.17) is 0 Å². The van der Waals surface area contributed by atoms with Crippen LogP contribution < -0.4 is 10.2 Å². The average Bonchev–Trinajstić information content (AvgIpc) is 3.15. The third-order valence-corrected chi connectivity index (χ3v) is 4.76. The fourth-order valence-electron chi connectivity index (χ4n) is 2.66. The van der Waals surface area contributed by atoms with Crippen molar-refractivity contribution in [2.45, 2.75) is 25.1 Å². The fraction of sp³-hybridized carbons (Fsp3) is 0.500. The molecule has 3 rings (SSSR count). The Hall–Kier alpha value is -2.10. The van der Waals surface area contributed by atoms with Crippen molar-refractivity contribution in [2.24, 2.45) is 7.05 Å². The van der Waals surface area contributed by atoms with Crippen LogP contribution >= 0.6 is 11.3 Å². The van der Waals surface area contributed by atoms with Crippen molar-refractivity contribution < 1.29 is 18.0 Å². The SMILES string of the molecule is Cn1nccc1C(=O)NC1CCCN(c2nc(C(F)(F)F)cs2)C1. The van der Waals surface area contributed by atoms with Crippen LogP contribution in [0.3, 0.4) is 0 Å². The summed E-state index contributed by atoms with van der Waals surface area (Å²) >= 11 is 0.972. The van der Waals surface area contributed by atoms with Gasteiger partial charge in [0.15, 0.2) is 10.8 Å². The predicted molar refractivity (Wildman–Crippen MR) is 83.0 cm³/mol. The van der Waals surface area contributed by atoms with Crippen LogP contribution in [0.4, 0.5) is 18.3 Å². The van der Waals surface area contributed by atoms with Gasteiger partial charge in [0, 0.05) is 37.8 Å². The van der Waals surface area contributed by atoms with Crippen LogP contribution in [-0.2, 0) is 13.2 Å². The Morgan fingerprint density at radius 1 is 1.46 bits per heavy atom. The summed E-state index contributed by atoms with van der Waals surface area (Å²) in [7, 11) is 1.68. The zero-order valence-corrected chi connectivity index (χ0v) is 13.7. The lowest BCUT2D eigenvalue weighted by Crippen LogP contribution is -2.48. The molecule has 0 saturated carbocycles. The van der Waals surface area contributed by atoms with Crippen LogP contribution in [0, 0.1) is 0 Å². The van der Waals surface area contributed by atoms with Crippen molar-refractivity contribution in [3.63, 3.8) is 0 Å². The van der Waals surface area contributed by atoms with Crippen LogP contribution in [0.2, 0.25) is 0 Å². The van der Waals surface area contributed by atoms with Gasteiger partial charge >= 0.3 is 6.18 Å². The van der Waals surface area contributed by atoms with Crippen LogP contribution in [0.1, 0.15) is 29.0 Å². The average molecular weight is 359 g/mol. The Labute approximate surface area is 140 Å². The van der Waals surface area contributed by atoms with Gasteiger partial charge in [-0.05, 0) is 18.9 Å². The van der Waals surface area contributed by atoms with Gasteiger partial charge in [-0.2, -0.15) is 18.3 Å². The second kappa shape index (κ2) is 6.42. The number of halogens is 3. The Balaban J connectivity index is 1.65. The first-order chi connectivity index (χ1) is 11.3. The standard InChI is InChI=1S/C14H16F3N5OS/c1-21-10(4-5-18-21)12(23)19-9-3-2-6-22(7-9)13-20-11(8-24-13)14(15,16)17/h4-5,8-9H,2-3,6-7H2,1H3,(H,19,23). The second-order valence-electron chi connectivity index (χ2n) is 5.61. The molecule has 0 bridgehead atoms. The van der Waals surface area contributed by atoms with E-state index < -0.39 is 11.9 Å². The number of hydrogen-bond donors (Lipinski definition) is 1. The summed E-state index contributed by atoms with van der Waals surface area (Å²) in [6.45, 7) is 1.07. The topological polar surface area (TPSA) is 63.1 Å². The van der Waals surface area contributed by atoms with Gasteiger partial charge in [0.2, 0.25) is 0 Å². The molecular weight excluding hydrogens is 343 g/mol. The van der Waals surface area contributed by atoms with Crippen molar-refractivity contribution in [3.05, 3.63) is 29.0 Å². The molecule has 1 fully saturated rings. The van der Waals surface area contributed by atoms with Crippen molar-refractivity contribution in [2.75, 3.05) is 18.0 Å². The fourth-order valence-corrected chi connectivity index (χ4v) is 3.53. The first kappa shape index (κ1) is 16.7. The van der Waals surface area contributed by atoms with E-state index in [1.54, 1.807) is 18.0 Å². The zero-order valence-electron chi connectivity index (χ0n) is 12.9. The Kier molecular flexibility index (Phi) is 4.48. The van der Waals surface area contributed by atoms with Crippen LogP contribution in [0.5, 0.6) is 0 Å². The number of aromatic nitrogens is 3. The van der Waals surface area contributed by atoms with Gasteiger partial charge in [0.05, 0.1) is 0 Å². The van der Waals surface area contributed by atoms with E-state index in [-0.39, 0.29) is 11.9 Å². The van der Waals surface area contributed by atoms with Gasteiger partial charge in [-0.25, -0.2) is 4.98 Å². The van der Waals surface area contributed by atoms with Crippen LogP contribution in [0.15, 0.2) is 17.6 Å². The highest BCUT2D eigenvalue weighted by Crippen LogP contribution is 2.33. The summed E-state index contributed by atoms with van der Waals surface area (Å²) in [5, 5.41) is 8.22. The Morgan fingerprint density at radius 3 is 2.88 bits per heavy atom. The minimum Gasteiger partial charge on any atom is -0.346 e.